The molecule has 0 fully saturated rings. The number of carbonyl (C=O) groups excluding carboxylic acids is 1. The molecular formula is C11H11NO. The van der Waals surface area contributed by atoms with Gasteiger partial charge in [0.25, 0.3) is 0 Å². The predicted octanol–water partition coefficient (Wildman–Crippen LogP) is 2.25. The summed E-state index contributed by atoms with van der Waals surface area (Å²) in [5.74, 6) is -0.0986. The number of carbonyl (C=O) groups is 1. The highest BCUT2D eigenvalue weighted by Gasteiger charge is 2.13. The molecule has 0 spiro atoms. The molecule has 0 bridgehead atoms. The van der Waals surface area contributed by atoms with Crippen LogP contribution < -0.4 is 0 Å². The number of nitriles is 1. The van der Waals surface area contributed by atoms with E-state index in [4.69, 9.17) is 5.26 Å². The van der Waals surface area contributed by atoms with Gasteiger partial charge in [0.05, 0.1) is 11.6 Å². The zero-order chi connectivity index (χ0) is 9.84. The van der Waals surface area contributed by atoms with Gasteiger partial charge in [0.2, 0.25) is 0 Å². The second-order valence-corrected chi connectivity index (χ2v) is 3.03. The summed E-state index contributed by atoms with van der Waals surface area (Å²) < 4.78 is 0. The van der Waals surface area contributed by atoms with E-state index in [9.17, 15) is 4.79 Å². The van der Waals surface area contributed by atoms with Gasteiger partial charge in [0.15, 0.2) is 0 Å². The van der Waals surface area contributed by atoms with Crippen molar-refractivity contribution in [3.63, 3.8) is 0 Å². The molecule has 66 valence electrons. The molecule has 13 heavy (non-hydrogen) atoms. The Hall–Kier alpha value is -1.62. The van der Waals surface area contributed by atoms with Crippen LogP contribution >= 0.6 is 0 Å². The Labute approximate surface area is 77.8 Å². The smallest absolute Gasteiger partial charge is 0.137 e. The second-order valence-electron chi connectivity index (χ2n) is 3.03. The van der Waals surface area contributed by atoms with E-state index >= 15 is 0 Å². The van der Waals surface area contributed by atoms with Gasteiger partial charge < -0.3 is 0 Å². The Bertz CT molecular complexity index is 363. The maximum Gasteiger partial charge on any atom is 0.137 e. The third kappa shape index (κ3) is 1.94. The molecule has 0 unspecified atom stereocenters. The minimum absolute atomic E-state index is 0.0858. The lowest BCUT2D eigenvalue weighted by Crippen LogP contribution is -2.05. The SMILES string of the molecule is CC(=O)[C@@H](C)c1ccccc1C#N. The van der Waals surface area contributed by atoms with Crippen molar-refractivity contribution < 1.29 is 4.79 Å². The van der Waals surface area contributed by atoms with Crippen LogP contribution in [0.4, 0.5) is 0 Å². The van der Waals surface area contributed by atoms with Gasteiger partial charge in [-0.3, -0.25) is 4.79 Å². The molecule has 0 amide bonds. The second kappa shape index (κ2) is 3.86. The van der Waals surface area contributed by atoms with Crippen molar-refractivity contribution in [3.05, 3.63) is 35.4 Å². The van der Waals surface area contributed by atoms with E-state index in [0.29, 0.717) is 5.56 Å². The van der Waals surface area contributed by atoms with Crippen molar-refractivity contribution in [2.24, 2.45) is 0 Å². The largest absolute Gasteiger partial charge is 0.299 e. The molecular weight excluding hydrogens is 162 g/mol. The molecule has 0 aliphatic rings. The Balaban J connectivity index is 3.15. The monoisotopic (exact) mass is 173 g/mol. The van der Waals surface area contributed by atoms with Crippen LogP contribution in [0, 0.1) is 11.3 Å². The molecule has 0 aliphatic heterocycles. The van der Waals surface area contributed by atoms with Gasteiger partial charge in [-0.1, -0.05) is 25.1 Å². The Morgan fingerprint density at radius 3 is 2.62 bits per heavy atom. The molecule has 1 atom stereocenters. The van der Waals surface area contributed by atoms with Crippen molar-refractivity contribution in [1.82, 2.24) is 0 Å². The molecule has 1 aromatic rings. The zero-order valence-electron chi connectivity index (χ0n) is 7.74. The van der Waals surface area contributed by atoms with Gasteiger partial charge in [-0.05, 0) is 18.6 Å². The van der Waals surface area contributed by atoms with Crippen molar-refractivity contribution in [3.8, 4) is 6.07 Å². The summed E-state index contributed by atoms with van der Waals surface area (Å²) >= 11 is 0. The molecule has 0 saturated carbocycles. The topological polar surface area (TPSA) is 40.9 Å². The number of nitrogens with zero attached hydrogens (tertiary/aromatic N) is 1. The molecule has 1 aromatic carbocycles. The number of hydrogen-bond donors (Lipinski definition) is 0. The van der Waals surface area contributed by atoms with E-state index in [-0.39, 0.29) is 11.7 Å². The van der Waals surface area contributed by atoms with Gasteiger partial charge >= 0.3 is 0 Å². The summed E-state index contributed by atoms with van der Waals surface area (Å²) in [6.45, 7) is 3.36. The van der Waals surface area contributed by atoms with Crippen molar-refractivity contribution >= 4 is 5.78 Å². The standard InChI is InChI=1S/C11H11NO/c1-8(9(2)13)11-6-4-3-5-10(11)7-12/h3-6,8H,1-2H3/t8-/m1/s1. The van der Waals surface area contributed by atoms with Gasteiger partial charge in [-0.25, -0.2) is 0 Å². The van der Waals surface area contributed by atoms with E-state index in [1.165, 1.54) is 0 Å². The first-order chi connectivity index (χ1) is 6.16. The lowest BCUT2D eigenvalue weighted by Gasteiger charge is -2.08. The summed E-state index contributed by atoms with van der Waals surface area (Å²) in [4.78, 5) is 11.1. The summed E-state index contributed by atoms with van der Waals surface area (Å²) in [6, 6.07) is 9.28. The molecule has 0 N–H and O–H groups in total. The maximum atomic E-state index is 11.1. The van der Waals surface area contributed by atoms with Gasteiger partial charge in [-0.2, -0.15) is 5.26 Å². The van der Waals surface area contributed by atoms with E-state index in [1.807, 2.05) is 19.1 Å². The van der Waals surface area contributed by atoms with Crippen LogP contribution in [0.15, 0.2) is 24.3 Å². The van der Waals surface area contributed by atoms with Crippen LogP contribution in [0.25, 0.3) is 0 Å². The number of Topliss-reactive ketones (excluding diaryl/α,β-unsaturated/α-hetero) is 1. The fourth-order valence-electron chi connectivity index (χ4n) is 1.20. The summed E-state index contributed by atoms with van der Waals surface area (Å²) in [7, 11) is 0. The molecule has 0 radical (unpaired) electrons. The molecule has 0 saturated heterocycles. The van der Waals surface area contributed by atoms with Crippen LogP contribution in [-0.2, 0) is 4.79 Å². The first-order valence-electron chi connectivity index (χ1n) is 4.16. The lowest BCUT2D eigenvalue weighted by atomic mass is 9.93. The summed E-state index contributed by atoms with van der Waals surface area (Å²) in [6.07, 6.45) is 0. The first-order valence-corrected chi connectivity index (χ1v) is 4.16. The Morgan fingerprint density at radius 1 is 1.46 bits per heavy atom. The molecule has 0 heterocycles. The van der Waals surface area contributed by atoms with Crippen molar-refractivity contribution in [2.75, 3.05) is 0 Å². The van der Waals surface area contributed by atoms with Crippen LogP contribution in [0.1, 0.15) is 30.9 Å². The number of benzene rings is 1. The van der Waals surface area contributed by atoms with Crippen LogP contribution in [0.2, 0.25) is 0 Å². The van der Waals surface area contributed by atoms with E-state index < -0.39 is 0 Å². The quantitative estimate of drug-likeness (QED) is 0.688. The minimum Gasteiger partial charge on any atom is -0.299 e. The highest BCUT2D eigenvalue weighted by atomic mass is 16.1. The maximum absolute atomic E-state index is 11.1. The van der Waals surface area contributed by atoms with Crippen molar-refractivity contribution in [2.45, 2.75) is 19.8 Å². The molecule has 1 rings (SSSR count). The molecule has 0 aliphatic carbocycles. The van der Waals surface area contributed by atoms with Crippen molar-refractivity contribution in [1.29, 1.82) is 5.26 Å². The number of rotatable bonds is 2. The van der Waals surface area contributed by atoms with Crippen LogP contribution in [0.3, 0.4) is 0 Å². The number of hydrogen-bond acceptors (Lipinski definition) is 2. The predicted molar refractivity (Wildman–Crippen MR) is 50.3 cm³/mol. The number of ketones is 1. The third-order valence-corrected chi connectivity index (χ3v) is 2.16. The fraction of sp³-hybridized carbons (Fsp3) is 0.273. The Kier molecular flexibility index (Phi) is 2.81. The van der Waals surface area contributed by atoms with Crippen LogP contribution in [-0.4, -0.2) is 5.78 Å². The average molecular weight is 173 g/mol. The molecule has 0 aromatic heterocycles. The van der Waals surface area contributed by atoms with Gasteiger partial charge in [-0.15, -0.1) is 0 Å². The highest BCUT2D eigenvalue weighted by molar-refractivity contribution is 5.83. The van der Waals surface area contributed by atoms with Gasteiger partial charge in [0.1, 0.15) is 5.78 Å². The minimum atomic E-state index is -0.184. The van der Waals surface area contributed by atoms with E-state index in [1.54, 1.807) is 19.1 Å². The Morgan fingerprint density at radius 2 is 2.08 bits per heavy atom. The van der Waals surface area contributed by atoms with Gasteiger partial charge in [0, 0.05) is 5.92 Å². The lowest BCUT2D eigenvalue weighted by molar-refractivity contribution is -0.118. The first kappa shape index (κ1) is 9.47. The van der Waals surface area contributed by atoms with E-state index in [0.717, 1.165) is 5.56 Å². The summed E-state index contributed by atoms with van der Waals surface area (Å²) in [5.41, 5.74) is 1.41. The normalized spacial score (nSPS) is 11.8. The van der Waals surface area contributed by atoms with Crippen LogP contribution in [0.5, 0.6) is 0 Å². The third-order valence-electron chi connectivity index (χ3n) is 2.16. The van der Waals surface area contributed by atoms with E-state index in [2.05, 4.69) is 6.07 Å². The highest BCUT2D eigenvalue weighted by Crippen LogP contribution is 2.19. The average Bonchev–Trinajstić information content (AvgIpc) is 2.16. The molecule has 2 nitrogen and oxygen atoms in total. The zero-order valence-corrected chi connectivity index (χ0v) is 7.74. The fourth-order valence-corrected chi connectivity index (χ4v) is 1.20. The molecule has 2 heteroatoms. The summed E-state index contributed by atoms with van der Waals surface area (Å²) in [5, 5.41) is 8.79.